The number of carbonyl (C=O) groups is 2. The van der Waals surface area contributed by atoms with Crippen molar-refractivity contribution in [3.63, 3.8) is 0 Å². The molecule has 34 heavy (non-hydrogen) atoms. The van der Waals surface area contributed by atoms with Crippen LogP contribution in [0.25, 0.3) is 0 Å². The number of thiazole rings is 1. The summed E-state index contributed by atoms with van der Waals surface area (Å²) in [6, 6.07) is 4.53. The van der Waals surface area contributed by atoms with E-state index in [0.29, 0.717) is 53.9 Å². The number of rotatable bonds is 11. The van der Waals surface area contributed by atoms with Crippen LogP contribution >= 0.6 is 11.3 Å². The summed E-state index contributed by atoms with van der Waals surface area (Å²) in [4.78, 5) is 35.0. The number of aliphatic hydroxyl groups excluding tert-OH is 1. The number of Topliss-reactive ketones (excluding diaryl/α,β-unsaturated/α-hetero) is 1. The Morgan fingerprint density at radius 3 is 2.62 bits per heavy atom. The number of hydrogen-bond donors (Lipinski definition) is 1. The maximum atomic E-state index is 13.6. The molecule has 1 amide bonds. The fourth-order valence-corrected chi connectivity index (χ4v) is 4.74. The minimum absolute atomic E-state index is 0.0534. The van der Waals surface area contributed by atoms with Gasteiger partial charge in [0.15, 0.2) is 17.3 Å². The number of benzene rings is 1. The Hall–Kier alpha value is -3.17. The van der Waals surface area contributed by atoms with Crippen molar-refractivity contribution in [2.45, 2.75) is 26.8 Å². The van der Waals surface area contributed by atoms with Gasteiger partial charge in [0, 0.05) is 13.1 Å². The minimum atomic E-state index is -0.769. The minimum Gasteiger partial charge on any atom is -0.503 e. The van der Waals surface area contributed by atoms with Crippen LogP contribution in [-0.2, 0) is 4.79 Å². The standard InChI is InChI=1S/C25H31N3O5S/c1-7-13-33-18-10-9-17(14-19(18)32-8-2)21-20(22(29)24-15(3)26-16(4)34-24)23(30)25(31)28(21)12-11-27(5)6/h7,9-10,14,21,30H,1,8,11-13H2,2-6H3. The Bertz CT molecular complexity index is 1120. The van der Waals surface area contributed by atoms with Crippen molar-refractivity contribution in [1.82, 2.24) is 14.8 Å². The number of aryl methyl sites for hydroxylation is 2. The van der Waals surface area contributed by atoms with Gasteiger partial charge < -0.3 is 24.4 Å². The molecule has 1 aromatic carbocycles. The Morgan fingerprint density at radius 1 is 1.29 bits per heavy atom. The number of likely N-dealkylation sites (N-methyl/N-ethyl adjacent to an activating group) is 1. The number of hydrogen-bond acceptors (Lipinski definition) is 8. The molecule has 1 unspecified atom stereocenters. The summed E-state index contributed by atoms with van der Waals surface area (Å²) in [5.41, 5.74) is 1.28. The van der Waals surface area contributed by atoms with Crippen molar-refractivity contribution < 1.29 is 24.2 Å². The number of nitrogens with zero attached hydrogens (tertiary/aromatic N) is 3. The van der Waals surface area contributed by atoms with E-state index in [9.17, 15) is 14.7 Å². The summed E-state index contributed by atoms with van der Waals surface area (Å²) < 4.78 is 11.5. The highest BCUT2D eigenvalue weighted by Crippen LogP contribution is 2.42. The summed E-state index contributed by atoms with van der Waals surface area (Å²) in [6.07, 6.45) is 1.64. The smallest absolute Gasteiger partial charge is 0.290 e. The van der Waals surface area contributed by atoms with Gasteiger partial charge in [0.25, 0.3) is 5.91 Å². The third-order valence-corrected chi connectivity index (χ3v) is 6.46. The number of aliphatic hydroxyl groups is 1. The fourth-order valence-electron chi connectivity index (χ4n) is 3.87. The van der Waals surface area contributed by atoms with Gasteiger partial charge in [-0.1, -0.05) is 18.7 Å². The SMILES string of the molecule is C=CCOc1ccc(C2C(C(=O)c3sc(C)nc3C)=C(O)C(=O)N2CCN(C)C)cc1OCC. The molecule has 9 heteroatoms. The molecule has 0 saturated carbocycles. The molecule has 0 fully saturated rings. The van der Waals surface area contributed by atoms with E-state index in [1.54, 1.807) is 31.2 Å². The van der Waals surface area contributed by atoms with Crippen LogP contribution in [0.5, 0.6) is 11.5 Å². The summed E-state index contributed by atoms with van der Waals surface area (Å²) >= 11 is 1.25. The van der Waals surface area contributed by atoms with Crippen molar-refractivity contribution in [2.24, 2.45) is 0 Å². The highest BCUT2D eigenvalue weighted by atomic mass is 32.1. The lowest BCUT2D eigenvalue weighted by atomic mass is 9.94. The van der Waals surface area contributed by atoms with Gasteiger partial charge >= 0.3 is 0 Å². The second-order valence-electron chi connectivity index (χ2n) is 8.18. The van der Waals surface area contributed by atoms with Crippen LogP contribution in [0.2, 0.25) is 0 Å². The second-order valence-corrected chi connectivity index (χ2v) is 9.39. The molecule has 3 rings (SSSR count). The Balaban J connectivity index is 2.12. The van der Waals surface area contributed by atoms with Crippen molar-refractivity contribution in [3.8, 4) is 11.5 Å². The van der Waals surface area contributed by atoms with Crippen molar-refractivity contribution >= 4 is 23.0 Å². The lowest BCUT2D eigenvalue weighted by Gasteiger charge is -2.28. The first-order valence-corrected chi connectivity index (χ1v) is 11.9. The third kappa shape index (κ3) is 5.15. The molecule has 1 aliphatic heterocycles. The number of aromatic nitrogens is 1. The van der Waals surface area contributed by atoms with Gasteiger partial charge in [-0.15, -0.1) is 11.3 Å². The average molecular weight is 486 g/mol. The molecule has 2 aromatic rings. The lowest BCUT2D eigenvalue weighted by molar-refractivity contribution is -0.129. The van der Waals surface area contributed by atoms with Crippen LogP contribution in [0.1, 0.15) is 38.9 Å². The molecule has 1 aromatic heterocycles. The Kier molecular flexibility index (Phi) is 8.11. The molecule has 0 saturated heterocycles. The zero-order valence-corrected chi connectivity index (χ0v) is 21.1. The topological polar surface area (TPSA) is 92.2 Å². The maximum Gasteiger partial charge on any atom is 0.290 e. The Labute approximate surface area is 204 Å². The number of amides is 1. The predicted molar refractivity (Wildman–Crippen MR) is 132 cm³/mol. The van der Waals surface area contributed by atoms with Crippen molar-refractivity contribution in [3.05, 3.63) is 63.3 Å². The molecule has 0 radical (unpaired) electrons. The molecule has 8 nitrogen and oxygen atoms in total. The van der Waals surface area contributed by atoms with Gasteiger partial charge in [0.2, 0.25) is 5.78 Å². The van der Waals surface area contributed by atoms with E-state index in [1.807, 2.05) is 32.8 Å². The van der Waals surface area contributed by atoms with Gasteiger partial charge in [0.1, 0.15) is 6.61 Å². The first kappa shape index (κ1) is 25.5. The van der Waals surface area contributed by atoms with Gasteiger partial charge in [-0.05, 0) is 52.6 Å². The monoisotopic (exact) mass is 485 g/mol. The molecule has 0 bridgehead atoms. The van der Waals surface area contributed by atoms with Crippen LogP contribution in [0.15, 0.2) is 42.2 Å². The van der Waals surface area contributed by atoms with Crippen LogP contribution in [0.3, 0.4) is 0 Å². The molecule has 1 atom stereocenters. The predicted octanol–water partition coefficient (Wildman–Crippen LogP) is 3.86. The molecule has 1 aliphatic rings. The summed E-state index contributed by atoms with van der Waals surface area (Å²) in [5.74, 6) is -0.464. The van der Waals surface area contributed by atoms with Gasteiger partial charge in [0.05, 0.1) is 33.8 Å². The maximum absolute atomic E-state index is 13.6. The molecule has 1 N–H and O–H groups in total. The normalized spacial score (nSPS) is 15.9. The van der Waals surface area contributed by atoms with Gasteiger partial charge in [-0.25, -0.2) is 4.98 Å². The molecule has 182 valence electrons. The first-order chi connectivity index (χ1) is 16.2. The molecule has 2 heterocycles. The zero-order valence-electron chi connectivity index (χ0n) is 20.3. The first-order valence-electron chi connectivity index (χ1n) is 11.1. The molecule has 0 spiro atoms. The molecule has 0 aliphatic carbocycles. The van der Waals surface area contributed by atoms with Crippen LogP contribution < -0.4 is 9.47 Å². The zero-order chi connectivity index (χ0) is 25.0. The summed E-state index contributed by atoms with van der Waals surface area (Å²) in [7, 11) is 3.80. The fraction of sp³-hybridized carbons (Fsp3) is 0.400. The van der Waals surface area contributed by atoms with Crippen molar-refractivity contribution in [2.75, 3.05) is 40.4 Å². The average Bonchev–Trinajstić information content (AvgIpc) is 3.26. The van der Waals surface area contributed by atoms with Crippen molar-refractivity contribution in [1.29, 1.82) is 0 Å². The van der Waals surface area contributed by atoms with E-state index < -0.39 is 23.5 Å². The number of carbonyl (C=O) groups excluding carboxylic acids is 2. The van der Waals surface area contributed by atoms with Crippen LogP contribution in [-0.4, -0.2) is 72.0 Å². The number of ether oxygens (including phenoxy) is 2. The number of ketones is 1. The van der Waals surface area contributed by atoms with Crippen LogP contribution in [0.4, 0.5) is 0 Å². The largest absolute Gasteiger partial charge is 0.503 e. The third-order valence-electron chi connectivity index (χ3n) is 5.39. The van der Waals surface area contributed by atoms with E-state index >= 15 is 0 Å². The highest BCUT2D eigenvalue weighted by molar-refractivity contribution is 7.14. The quantitative estimate of drug-likeness (QED) is 0.382. The van der Waals surface area contributed by atoms with Gasteiger partial charge in [-0.3, -0.25) is 9.59 Å². The van der Waals surface area contributed by atoms with E-state index in [-0.39, 0.29) is 5.57 Å². The van der Waals surface area contributed by atoms with E-state index in [2.05, 4.69) is 11.6 Å². The summed E-state index contributed by atoms with van der Waals surface area (Å²) in [6.45, 7) is 10.7. The Morgan fingerprint density at radius 2 is 2.03 bits per heavy atom. The van der Waals surface area contributed by atoms with E-state index in [1.165, 1.54) is 16.2 Å². The molecular weight excluding hydrogens is 454 g/mol. The second kappa shape index (κ2) is 10.8. The van der Waals surface area contributed by atoms with E-state index in [0.717, 1.165) is 5.01 Å². The van der Waals surface area contributed by atoms with Gasteiger partial charge in [-0.2, -0.15) is 0 Å². The van der Waals surface area contributed by atoms with E-state index in [4.69, 9.17) is 9.47 Å². The molecular formula is C25H31N3O5S. The summed E-state index contributed by atoms with van der Waals surface area (Å²) in [5, 5.41) is 11.6. The van der Waals surface area contributed by atoms with Crippen LogP contribution in [0, 0.1) is 13.8 Å². The lowest BCUT2D eigenvalue weighted by Crippen LogP contribution is -2.36. The highest BCUT2D eigenvalue weighted by Gasteiger charge is 2.44.